The molecule has 1 aliphatic heterocycles. The van der Waals surface area contributed by atoms with E-state index in [4.69, 9.17) is 0 Å². The molecule has 8 heteroatoms. The zero-order chi connectivity index (χ0) is 18.3. The number of benzene rings is 1. The van der Waals surface area contributed by atoms with Gasteiger partial charge in [-0.05, 0) is 29.8 Å². The van der Waals surface area contributed by atoms with E-state index >= 15 is 0 Å². The Bertz CT molecular complexity index is 931. The topological polar surface area (TPSA) is 34.0 Å². The van der Waals surface area contributed by atoms with Crippen LogP contribution in [-0.2, 0) is 25.8 Å². The van der Waals surface area contributed by atoms with Crippen molar-refractivity contribution in [3.8, 4) is 0 Å². The van der Waals surface area contributed by atoms with E-state index in [2.05, 4.69) is 10.1 Å². The van der Waals surface area contributed by atoms with E-state index in [0.29, 0.717) is 19.6 Å². The zero-order valence-electron chi connectivity index (χ0n) is 13.5. The fourth-order valence-electron chi connectivity index (χ4n) is 3.03. The SMILES string of the molecule is Fc1ccc(Cn2ncc3c2CN(c2cccc(C(F)(F)F)n2)C3)cc1. The molecule has 0 bridgehead atoms. The van der Waals surface area contributed by atoms with Crippen molar-refractivity contribution in [3.63, 3.8) is 0 Å². The van der Waals surface area contributed by atoms with Crippen LogP contribution in [0.25, 0.3) is 0 Å². The Balaban J connectivity index is 1.55. The molecule has 3 aromatic rings. The molecule has 1 aromatic carbocycles. The Labute approximate surface area is 146 Å². The van der Waals surface area contributed by atoms with Gasteiger partial charge < -0.3 is 4.90 Å². The van der Waals surface area contributed by atoms with Gasteiger partial charge in [0.05, 0.1) is 25.0 Å². The molecule has 4 nitrogen and oxygen atoms in total. The highest BCUT2D eigenvalue weighted by Crippen LogP contribution is 2.31. The molecule has 0 spiro atoms. The van der Waals surface area contributed by atoms with Gasteiger partial charge in [0.15, 0.2) is 0 Å². The number of rotatable bonds is 3. The second-order valence-electron chi connectivity index (χ2n) is 6.14. The molecule has 0 atom stereocenters. The average Bonchev–Trinajstić information content (AvgIpc) is 3.18. The van der Waals surface area contributed by atoms with E-state index in [0.717, 1.165) is 22.9 Å². The molecule has 134 valence electrons. The van der Waals surface area contributed by atoms with Crippen molar-refractivity contribution in [3.05, 3.63) is 77.0 Å². The summed E-state index contributed by atoms with van der Waals surface area (Å²) >= 11 is 0. The van der Waals surface area contributed by atoms with Gasteiger partial charge >= 0.3 is 6.18 Å². The smallest absolute Gasteiger partial charge is 0.346 e. The van der Waals surface area contributed by atoms with Crippen LogP contribution in [0.2, 0.25) is 0 Å². The van der Waals surface area contributed by atoms with E-state index in [1.54, 1.807) is 34.0 Å². The first-order valence-corrected chi connectivity index (χ1v) is 7.97. The maximum Gasteiger partial charge on any atom is 0.433 e. The molecule has 0 N–H and O–H groups in total. The molecule has 4 rings (SSSR count). The lowest BCUT2D eigenvalue weighted by Crippen LogP contribution is -2.20. The van der Waals surface area contributed by atoms with E-state index in [1.165, 1.54) is 18.2 Å². The van der Waals surface area contributed by atoms with Gasteiger partial charge in [-0.3, -0.25) is 4.68 Å². The number of halogens is 4. The van der Waals surface area contributed by atoms with E-state index < -0.39 is 11.9 Å². The summed E-state index contributed by atoms with van der Waals surface area (Å²) in [6.45, 7) is 1.34. The second kappa shape index (κ2) is 6.12. The van der Waals surface area contributed by atoms with Crippen molar-refractivity contribution in [1.82, 2.24) is 14.8 Å². The molecule has 0 saturated carbocycles. The molecule has 0 radical (unpaired) electrons. The normalized spacial score (nSPS) is 13.9. The van der Waals surface area contributed by atoms with Crippen LogP contribution in [0.15, 0.2) is 48.7 Å². The minimum atomic E-state index is -4.47. The minimum Gasteiger partial charge on any atom is -0.346 e. The number of pyridine rings is 1. The molecule has 1 aliphatic rings. The molecule has 0 amide bonds. The van der Waals surface area contributed by atoms with Crippen molar-refractivity contribution in [2.45, 2.75) is 25.8 Å². The molecule has 26 heavy (non-hydrogen) atoms. The van der Waals surface area contributed by atoms with E-state index in [-0.39, 0.29) is 11.6 Å². The van der Waals surface area contributed by atoms with Gasteiger partial charge in [0, 0.05) is 12.1 Å². The summed E-state index contributed by atoms with van der Waals surface area (Å²) in [6.07, 6.45) is -2.76. The van der Waals surface area contributed by atoms with Gasteiger partial charge in [-0.15, -0.1) is 0 Å². The molecular formula is C18H14F4N4. The number of anilines is 1. The van der Waals surface area contributed by atoms with Gasteiger partial charge in [-0.1, -0.05) is 18.2 Å². The predicted octanol–water partition coefficient (Wildman–Crippen LogP) is 4.00. The Hall–Kier alpha value is -2.90. The number of nitrogens with zero attached hydrogens (tertiary/aromatic N) is 4. The first-order valence-electron chi connectivity index (χ1n) is 7.97. The lowest BCUT2D eigenvalue weighted by molar-refractivity contribution is -0.141. The van der Waals surface area contributed by atoms with Crippen LogP contribution in [0, 0.1) is 5.82 Å². The number of hydrogen-bond donors (Lipinski definition) is 0. The number of alkyl halides is 3. The van der Waals surface area contributed by atoms with Crippen LogP contribution in [0.3, 0.4) is 0 Å². The fraction of sp³-hybridized carbons (Fsp3) is 0.222. The highest BCUT2D eigenvalue weighted by atomic mass is 19.4. The van der Waals surface area contributed by atoms with Crippen molar-refractivity contribution >= 4 is 5.82 Å². The molecular weight excluding hydrogens is 348 g/mol. The summed E-state index contributed by atoms with van der Waals surface area (Å²) in [7, 11) is 0. The lowest BCUT2D eigenvalue weighted by Gasteiger charge is -2.18. The highest BCUT2D eigenvalue weighted by Gasteiger charge is 2.33. The van der Waals surface area contributed by atoms with Crippen LogP contribution < -0.4 is 4.90 Å². The third-order valence-corrected chi connectivity index (χ3v) is 4.33. The van der Waals surface area contributed by atoms with Crippen molar-refractivity contribution in [1.29, 1.82) is 0 Å². The van der Waals surface area contributed by atoms with E-state index in [9.17, 15) is 17.6 Å². The minimum absolute atomic E-state index is 0.282. The monoisotopic (exact) mass is 362 g/mol. The van der Waals surface area contributed by atoms with Gasteiger partial charge in [0.25, 0.3) is 0 Å². The lowest BCUT2D eigenvalue weighted by atomic mass is 10.2. The van der Waals surface area contributed by atoms with Crippen LogP contribution in [0.5, 0.6) is 0 Å². The molecule has 0 fully saturated rings. The van der Waals surface area contributed by atoms with Gasteiger partial charge in [-0.25, -0.2) is 9.37 Å². The van der Waals surface area contributed by atoms with Crippen LogP contribution >= 0.6 is 0 Å². The van der Waals surface area contributed by atoms with Crippen molar-refractivity contribution in [2.24, 2.45) is 0 Å². The molecule has 0 unspecified atom stereocenters. The Morgan fingerprint density at radius 1 is 1.00 bits per heavy atom. The van der Waals surface area contributed by atoms with E-state index in [1.807, 2.05) is 0 Å². The standard InChI is InChI=1S/C18H14F4N4/c19-14-6-4-12(5-7-14)9-26-15-11-25(10-13(15)8-23-26)17-3-1-2-16(24-17)18(20,21)22/h1-8H,9-11H2. The summed E-state index contributed by atoms with van der Waals surface area (Å²) < 4.78 is 53.4. The molecule has 3 heterocycles. The largest absolute Gasteiger partial charge is 0.433 e. The number of hydrogen-bond acceptors (Lipinski definition) is 3. The third kappa shape index (κ3) is 3.14. The maximum atomic E-state index is 13.0. The average molecular weight is 362 g/mol. The Morgan fingerprint density at radius 2 is 1.77 bits per heavy atom. The summed E-state index contributed by atoms with van der Waals surface area (Å²) in [5.41, 5.74) is 1.87. The third-order valence-electron chi connectivity index (χ3n) is 4.33. The zero-order valence-corrected chi connectivity index (χ0v) is 13.5. The number of fused-ring (bicyclic) bond motifs is 1. The maximum absolute atomic E-state index is 13.0. The summed E-state index contributed by atoms with van der Waals surface area (Å²) in [4.78, 5) is 5.52. The van der Waals surface area contributed by atoms with Crippen molar-refractivity contribution < 1.29 is 17.6 Å². The van der Waals surface area contributed by atoms with Gasteiger partial charge in [-0.2, -0.15) is 18.3 Å². The predicted molar refractivity (Wildman–Crippen MR) is 86.9 cm³/mol. The first-order chi connectivity index (χ1) is 12.4. The van der Waals surface area contributed by atoms with Crippen LogP contribution in [0.1, 0.15) is 22.5 Å². The fourth-order valence-corrected chi connectivity index (χ4v) is 3.03. The first kappa shape index (κ1) is 16.6. The number of aromatic nitrogens is 3. The molecule has 0 saturated heterocycles. The molecule has 2 aromatic heterocycles. The summed E-state index contributed by atoms with van der Waals surface area (Å²) in [5.74, 6) is -0.0226. The van der Waals surface area contributed by atoms with Crippen LogP contribution in [-0.4, -0.2) is 14.8 Å². The van der Waals surface area contributed by atoms with Crippen molar-refractivity contribution in [2.75, 3.05) is 4.90 Å². The highest BCUT2D eigenvalue weighted by molar-refractivity contribution is 5.45. The van der Waals surface area contributed by atoms with Gasteiger partial charge in [0.2, 0.25) is 0 Å². The van der Waals surface area contributed by atoms with Crippen LogP contribution in [0.4, 0.5) is 23.4 Å². The molecule has 0 aliphatic carbocycles. The Morgan fingerprint density at radius 3 is 2.50 bits per heavy atom. The quantitative estimate of drug-likeness (QED) is 0.661. The summed E-state index contributed by atoms with van der Waals surface area (Å²) in [5, 5.41) is 4.34. The Kier molecular flexibility index (Phi) is 3.90. The second-order valence-corrected chi connectivity index (χ2v) is 6.14. The summed E-state index contributed by atoms with van der Waals surface area (Å²) in [6, 6.07) is 10.0. The van der Waals surface area contributed by atoms with Gasteiger partial charge in [0.1, 0.15) is 17.3 Å².